The van der Waals surface area contributed by atoms with E-state index in [1.165, 1.54) is 24.3 Å². The summed E-state index contributed by atoms with van der Waals surface area (Å²) in [5, 5.41) is 17.6. The molecule has 0 saturated carbocycles. The molecule has 0 unspecified atom stereocenters. The van der Waals surface area contributed by atoms with Crippen LogP contribution in [-0.2, 0) is 9.59 Å². The van der Waals surface area contributed by atoms with Crippen molar-refractivity contribution < 1.29 is 38.9 Å². The second-order valence-electron chi connectivity index (χ2n) is 5.38. The molecule has 0 spiro atoms. The minimum atomic E-state index is -1.30. The van der Waals surface area contributed by atoms with Gasteiger partial charge in [0.15, 0.2) is 36.3 Å². The van der Waals surface area contributed by atoms with Gasteiger partial charge in [0.2, 0.25) is 0 Å². The molecular weight excluding hydrogens is 344 g/mol. The van der Waals surface area contributed by atoms with Crippen LogP contribution in [0.25, 0.3) is 0 Å². The zero-order valence-corrected chi connectivity index (χ0v) is 13.2. The topological polar surface area (TPSA) is 127 Å². The van der Waals surface area contributed by atoms with Gasteiger partial charge in [-0.3, -0.25) is 9.59 Å². The first-order chi connectivity index (χ1) is 12.4. The number of ether oxygens (including phenoxy) is 2. The van der Waals surface area contributed by atoms with E-state index in [-0.39, 0.29) is 33.8 Å². The van der Waals surface area contributed by atoms with E-state index in [0.717, 1.165) is 0 Å². The van der Waals surface area contributed by atoms with E-state index in [2.05, 4.69) is 0 Å². The lowest BCUT2D eigenvalue weighted by Gasteiger charge is -2.21. The molecule has 3 rings (SSSR count). The fourth-order valence-electron chi connectivity index (χ4n) is 2.67. The van der Waals surface area contributed by atoms with E-state index in [4.69, 9.17) is 19.7 Å². The van der Waals surface area contributed by atoms with Gasteiger partial charge < -0.3 is 19.7 Å². The van der Waals surface area contributed by atoms with Crippen molar-refractivity contribution in [3.8, 4) is 11.5 Å². The monoisotopic (exact) mass is 356 g/mol. The minimum Gasteiger partial charge on any atom is -0.479 e. The SMILES string of the molecule is O=C(O)COc1ccc2c(c1OCC(=O)O)C(=O)c1ccccc1C2=O. The van der Waals surface area contributed by atoms with Crippen LogP contribution in [0.3, 0.4) is 0 Å². The maximum Gasteiger partial charge on any atom is 0.341 e. The molecule has 1 aliphatic carbocycles. The quantitative estimate of drug-likeness (QED) is 0.678. The number of rotatable bonds is 6. The highest BCUT2D eigenvalue weighted by molar-refractivity contribution is 6.29. The minimum absolute atomic E-state index is 0.0387. The van der Waals surface area contributed by atoms with Gasteiger partial charge in [-0.25, -0.2) is 9.59 Å². The van der Waals surface area contributed by atoms with Crippen LogP contribution in [-0.4, -0.2) is 46.9 Å². The van der Waals surface area contributed by atoms with Crippen LogP contribution in [0.15, 0.2) is 36.4 Å². The van der Waals surface area contributed by atoms with E-state index in [1.807, 2.05) is 0 Å². The number of hydrogen-bond donors (Lipinski definition) is 2. The highest BCUT2D eigenvalue weighted by Crippen LogP contribution is 2.39. The normalized spacial score (nSPS) is 12.2. The molecule has 26 heavy (non-hydrogen) atoms. The predicted molar refractivity (Wildman–Crippen MR) is 86.0 cm³/mol. The number of ketones is 2. The molecule has 2 aromatic rings. The summed E-state index contributed by atoms with van der Waals surface area (Å²) in [5.41, 5.74) is 0.281. The molecule has 0 saturated heterocycles. The van der Waals surface area contributed by atoms with E-state index >= 15 is 0 Å². The summed E-state index contributed by atoms with van der Waals surface area (Å²) in [6, 6.07) is 8.82. The Morgan fingerprint density at radius 1 is 0.769 bits per heavy atom. The molecule has 0 fully saturated rings. The Labute approximate surface area is 146 Å². The summed E-state index contributed by atoms with van der Waals surface area (Å²) >= 11 is 0. The van der Waals surface area contributed by atoms with Crippen molar-refractivity contribution in [3.63, 3.8) is 0 Å². The molecule has 0 heterocycles. The lowest BCUT2D eigenvalue weighted by atomic mass is 9.83. The average molecular weight is 356 g/mol. The first kappa shape index (κ1) is 17.2. The molecule has 0 bridgehead atoms. The maximum absolute atomic E-state index is 12.9. The molecule has 8 heteroatoms. The van der Waals surface area contributed by atoms with E-state index in [9.17, 15) is 19.2 Å². The van der Waals surface area contributed by atoms with Crippen molar-refractivity contribution in [1.29, 1.82) is 0 Å². The molecule has 2 N–H and O–H groups in total. The van der Waals surface area contributed by atoms with Crippen LogP contribution < -0.4 is 9.47 Å². The Hall–Kier alpha value is -3.68. The lowest BCUT2D eigenvalue weighted by molar-refractivity contribution is -0.140. The van der Waals surface area contributed by atoms with Gasteiger partial charge in [-0.1, -0.05) is 24.3 Å². The maximum atomic E-state index is 12.9. The molecule has 2 aromatic carbocycles. The van der Waals surface area contributed by atoms with Crippen LogP contribution in [0.1, 0.15) is 31.8 Å². The Kier molecular flexibility index (Phi) is 4.40. The molecule has 0 amide bonds. The summed E-state index contributed by atoms with van der Waals surface area (Å²) in [7, 11) is 0. The second-order valence-corrected chi connectivity index (χ2v) is 5.38. The van der Waals surface area contributed by atoms with E-state index in [1.54, 1.807) is 12.1 Å². The van der Waals surface area contributed by atoms with Crippen molar-refractivity contribution >= 4 is 23.5 Å². The van der Waals surface area contributed by atoms with Gasteiger partial charge in [0.05, 0.1) is 5.56 Å². The van der Waals surface area contributed by atoms with Gasteiger partial charge in [0.25, 0.3) is 0 Å². The predicted octanol–water partition coefficient (Wildman–Crippen LogP) is 1.39. The number of hydrogen-bond acceptors (Lipinski definition) is 6. The van der Waals surface area contributed by atoms with Crippen molar-refractivity contribution in [2.75, 3.05) is 13.2 Å². The Balaban J connectivity index is 2.15. The number of fused-ring (bicyclic) bond motifs is 2. The standard InChI is InChI=1S/C18H12O8/c19-13(20)7-25-12-6-5-11-15(18(12)26-8-14(21)22)17(24)10-4-2-1-3-9(10)16(11)23/h1-6H,7-8H2,(H,19,20)(H,21,22). The number of carboxylic acid groups (broad SMARTS) is 2. The van der Waals surface area contributed by atoms with Crippen molar-refractivity contribution in [3.05, 3.63) is 58.7 Å². The number of benzene rings is 2. The van der Waals surface area contributed by atoms with Crippen molar-refractivity contribution in [2.24, 2.45) is 0 Å². The zero-order valence-electron chi connectivity index (χ0n) is 13.2. The van der Waals surface area contributed by atoms with Crippen LogP contribution in [0.5, 0.6) is 11.5 Å². The third kappa shape index (κ3) is 3.00. The van der Waals surface area contributed by atoms with Gasteiger partial charge in [0, 0.05) is 16.7 Å². The zero-order chi connectivity index (χ0) is 18.8. The molecule has 0 atom stereocenters. The molecular formula is C18H12O8. The summed E-state index contributed by atoms with van der Waals surface area (Å²) < 4.78 is 10.3. The molecule has 8 nitrogen and oxygen atoms in total. The van der Waals surface area contributed by atoms with E-state index < -0.39 is 36.7 Å². The van der Waals surface area contributed by atoms with Crippen LogP contribution in [0, 0.1) is 0 Å². The molecule has 0 aromatic heterocycles. The Morgan fingerprint density at radius 2 is 1.35 bits per heavy atom. The number of carbonyl (C=O) groups excluding carboxylic acids is 2. The highest BCUT2D eigenvalue weighted by Gasteiger charge is 2.34. The third-order valence-electron chi connectivity index (χ3n) is 3.70. The fourth-order valence-corrected chi connectivity index (χ4v) is 2.67. The van der Waals surface area contributed by atoms with Gasteiger partial charge in [-0.2, -0.15) is 0 Å². The lowest BCUT2D eigenvalue weighted by Crippen LogP contribution is -2.23. The van der Waals surface area contributed by atoms with Crippen LogP contribution in [0.4, 0.5) is 0 Å². The molecule has 0 aliphatic heterocycles. The van der Waals surface area contributed by atoms with E-state index in [0.29, 0.717) is 0 Å². The summed E-state index contributed by atoms with van der Waals surface area (Å²) in [6.45, 7) is -1.51. The molecule has 132 valence electrons. The molecule has 0 radical (unpaired) electrons. The number of aliphatic carboxylic acids is 2. The number of carbonyl (C=O) groups is 4. The van der Waals surface area contributed by atoms with Gasteiger partial charge in [-0.05, 0) is 12.1 Å². The van der Waals surface area contributed by atoms with Gasteiger partial charge in [-0.15, -0.1) is 0 Å². The second kappa shape index (κ2) is 6.67. The van der Waals surface area contributed by atoms with Gasteiger partial charge >= 0.3 is 11.9 Å². The summed E-state index contributed by atoms with van der Waals surface area (Å²) in [5.74, 6) is -3.91. The summed E-state index contributed by atoms with van der Waals surface area (Å²) in [4.78, 5) is 47.1. The van der Waals surface area contributed by atoms with Crippen LogP contribution >= 0.6 is 0 Å². The van der Waals surface area contributed by atoms with Crippen molar-refractivity contribution in [1.82, 2.24) is 0 Å². The summed E-state index contributed by atoms with van der Waals surface area (Å²) in [6.07, 6.45) is 0. The highest BCUT2D eigenvalue weighted by atomic mass is 16.5. The van der Waals surface area contributed by atoms with Crippen LogP contribution in [0.2, 0.25) is 0 Å². The van der Waals surface area contributed by atoms with Gasteiger partial charge in [0.1, 0.15) is 0 Å². The average Bonchev–Trinajstić information content (AvgIpc) is 2.62. The fraction of sp³-hybridized carbons (Fsp3) is 0.111. The Morgan fingerprint density at radius 3 is 1.96 bits per heavy atom. The Bertz CT molecular complexity index is 944. The van der Waals surface area contributed by atoms with Crippen molar-refractivity contribution in [2.45, 2.75) is 0 Å². The smallest absolute Gasteiger partial charge is 0.341 e. The number of carboxylic acids is 2. The first-order valence-corrected chi connectivity index (χ1v) is 7.44. The molecule has 1 aliphatic rings. The first-order valence-electron chi connectivity index (χ1n) is 7.44. The largest absolute Gasteiger partial charge is 0.479 e. The third-order valence-corrected chi connectivity index (χ3v) is 3.70.